The summed E-state index contributed by atoms with van der Waals surface area (Å²) in [5.41, 5.74) is 3.88. The zero-order valence-corrected chi connectivity index (χ0v) is 25.7. The predicted molar refractivity (Wildman–Crippen MR) is 176 cm³/mol. The zero-order chi connectivity index (χ0) is 32.9. The van der Waals surface area contributed by atoms with Crippen LogP contribution in [0.15, 0.2) is 83.8 Å². The summed E-state index contributed by atoms with van der Waals surface area (Å²) in [6.07, 6.45) is -2.53. The van der Waals surface area contributed by atoms with E-state index in [4.69, 9.17) is 10.2 Å². The Morgan fingerprint density at radius 3 is 2.02 bits per heavy atom. The van der Waals surface area contributed by atoms with Crippen LogP contribution in [0.4, 0.5) is 10.1 Å². The molecule has 1 heterocycles. The summed E-state index contributed by atoms with van der Waals surface area (Å²) < 4.78 is 39.4. The number of sulfonamides is 1. The Hall–Kier alpha value is -3.36. The fraction of sp³-hybridized carbons (Fsp3) is 0.273. The number of aliphatic hydroxyl groups is 2. The normalized spacial score (nSPS) is 12.8. The molecule has 0 fully saturated rings. The molecular formula is C33H37FN3NaO7S. The number of amides is 1. The number of primary sulfonamides is 1. The maximum absolute atomic E-state index is 14.2. The van der Waals surface area contributed by atoms with Gasteiger partial charge in [-0.2, -0.15) is 0 Å². The van der Waals surface area contributed by atoms with Crippen LogP contribution in [0.1, 0.15) is 55.3 Å². The van der Waals surface area contributed by atoms with Crippen molar-refractivity contribution in [1.29, 1.82) is 0 Å². The molecule has 6 N–H and O–H groups in total. The monoisotopic (exact) mass is 661 g/mol. The van der Waals surface area contributed by atoms with Crippen LogP contribution in [-0.2, 0) is 21.2 Å². The van der Waals surface area contributed by atoms with Crippen LogP contribution >= 0.6 is 0 Å². The number of halogens is 1. The van der Waals surface area contributed by atoms with Gasteiger partial charge in [-0.05, 0) is 80.6 Å². The molecule has 1 amide bonds. The number of hydrogen-bond donors (Lipinski definition) is 5. The number of rotatable bonds is 13. The number of carboxylic acid groups (broad SMARTS) is 1. The second-order valence-corrected chi connectivity index (χ2v) is 12.6. The summed E-state index contributed by atoms with van der Waals surface area (Å²) in [6, 6.07) is 20.3. The molecule has 0 saturated heterocycles. The van der Waals surface area contributed by atoms with Crippen LogP contribution < -0.4 is 10.5 Å². The molecule has 240 valence electrons. The Morgan fingerprint density at radius 1 is 0.891 bits per heavy atom. The molecule has 0 saturated carbocycles. The molecule has 1 aromatic heterocycles. The van der Waals surface area contributed by atoms with Crippen LogP contribution in [0.2, 0.25) is 0 Å². The first-order chi connectivity index (χ1) is 21.3. The fourth-order valence-corrected chi connectivity index (χ4v) is 5.94. The summed E-state index contributed by atoms with van der Waals surface area (Å²) >= 11 is 0. The molecule has 10 nitrogen and oxygen atoms in total. The third kappa shape index (κ3) is 9.13. The van der Waals surface area contributed by atoms with Gasteiger partial charge in [0.2, 0.25) is 10.0 Å². The molecule has 0 unspecified atom stereocenters. The number of carboxylic acids is 1. The molecule has 0 aliphatic carbocycles. The average molecular weight is 662 g/mol. The van der Waals surface area contributed by atoms with E-state index in [9.17, 15) is 32.6 Å². The van der Waals surface area contributed by atoms with Crippen molar-refractivity contribution in [2.24, 2.45) is 5.14 Å². The third-order valence-corrected chi connectivity index (χ3v) is 8.27. The van der Waals surface area contributed by atoms with E-state index in [1.54, 1.807) is 12.1 Å². The Balaban J connectivity index is 0.00000576. The van der Waals surface area contributed by atoms with Crippen LogP contribution in [-0.4, -0.2) is 81.9 Å². The fourth-order valence-electron chi connectivity index (χ4n) is 5.43. The molecule has 0 bridgehead atoms. The van der Waals surface area contributed by atoms with Gasteiger partial charge >= 0.3 is 35.5 Å². The number of nitrogens with zero attached hydrogens (tertiary/aromatic N) is 1. The van der Waals surface area contributed by atoms with Gasteiger partial charge in [-0.3, -0.25) is 9.59 Å². The van der Waals surface area contributed by atoms with Crippen molar-refractivity contribution in [1.82, 2.24) is 4.57 Å². The van der Waals surface area contributed by atoms with Gasteiger partial charge in [0.25, 0.3) is 5.91 Å². The second kappa shape index (κ2) is 16.0. The number of anilines is 1. The maximum atomic E-state index is 14.2. The van der Waals surface area contributed by atoms with Crippen LogP contribution in [0.25, 0.3) is 22.3 Å². The summed E-state index contributed by atoms with van der Waals surface area (Å²) in [7, 11) is -3.93. The van der Waals surface area contributed by atoms with E-state index < -0.39 is 46.3 Å². The topological polar surface area (TPSA) is 172 Å². The first kappa shape index (κ1) is 37.1. The van der Waals surface area contributed by atoms with Crippen molar-refractivity contribution in [3.05, 3.63) is 96.1 Å². The Kier molecular flexibility index (Phi) is 12.9. The van der Waals surface area contributed by atoms with E-state index >= 15 is 0 Å². The van der Waals surface area contributed by atoms with Crippen molar-refractivity contribution in [3.8, 4) is 22.3 Å². The molecule has 0 radical (unpaired) electrons. The molecule has 2 atom stereocenters. The molecule has 0 spiro atoms. The van der Waals surface area contributed by atoms with E-state index in [0.29, 0.717) is 39.3 Å². The Bertz CT molecular complexity index is 1760. The van der Waals surface area contributed by atoms with Gasteiger partial charge in [0.1, 0.15) is 11.5 Å². The van der Waals surface area contributed by atoms with E-state index in [-0.39, 0.29) is 59.8 Å². The molecule has 3 aromatic carbocycles. The van der Waals surface area contributed by atoms with E-state index in [0.717, 1.165) is 0 Å². The number of benzene rings is 3. The minimum atomic E-state index is -3.93. The van der Waals surface area contributed by atoms with Gasteiger partial charge in [0, 0.05) is 28.6 Å². The molecular weight excluding hydrogens is 624 g/mol. The number of carbonyl (C=O) groups is 2. The molecule has 4 aromatic rings. The number of aliphatic hydroxyl groups excluding tert-OH is 2. The van der Waals surface area contributed by atoms with Gasteiger partial charge in [-0.25, -0.2) is 17.9 Å². The summed E-state index contributed by atoms with van der Waals surface area (Å²) in [5.74, 6) is -2.10. The van der Waals surface area contributed by atoms with Gasteiger partial charge in [0.05, 0.1) is 23.5 Å². The molecule has 46 heavy (non-hydrogen) atoms. The Labute approximate surface area is 289 Å². The standard InChI is InChI=1S/C33H36FN3O7S.Na.H/c1-20(2)37-28(17-14-25(38)18-26(39)19-29(40)41)30(22-8-10-23(34)11-9-22)31(21-6-4-3-5-7-21)32(37)33(42)36-24-12-15-27(16-13-24)45(35,43)44;;/h3-13,15-16,20,25-26,38-39H,14,17-19H2,1-2H3,(H,36,42)(H,40,41)(H2,35,43,44);;/t25-,26-;;/m1../s1. The second-order valence-electron chi connectivity index (χ2n) is 11.1. The molecule has 13 heteroatoms. The van der Waals surface area contributed by atoms with Crippen molar-refractivity contribution in [3.63, 3.8) is 0 Å². The van der Waals surface area contributed by atoms with Crippen molar-refractivity contribution >= 4 is 57.1 Å². The number of hydrogen-bond acceptors (Lipinski definition) is 6. The quantitative estimate of drug-likeness (QED) is 0.133. The van der Waals surface area contributed by atoms with Gasteiger partial charge < -0.3 is 25.2 Å². The van der Waals surface area contributed by atoms with Crippen molar-refractivity contribution < 1.29 is 37.7 Å². The number of aromatic nitrogens is 1. The summed E-state index contributed by atoms with van der Waals surface area (Å²) in [6.45, 7) is 3.80. The van der Waals surface area contributed by atoms with Crippen molar-refractivity contribution in [2.75, 3.05) is 5.32 Å². The first-order valence-corrected chi connectivity index (χ1v) is 15.9. The number of carbonyl (C=O) groups excluding carboxylic acids is 1. The number of nitrogens with two attached hydrogens (primary N) is 1. The van der Waals surface area contributed by atoms with Crippen LogP contribution in [0, 0.1) is 5.82 Å². The molecule has 0 aliphatic heterocycles. The molecule has 4 rings (SSSR count). The van der Waals surface area contributed by atoms with E-state index in [1.807, 2.05) is 48.7 Å². The predicted octanol–water partition coefficient (Wildman–Crippen LogP) is 4.31. The van der Waals surface area contributed by atoms with Crippen LogP contribution in [0.5, 0.6) is 0 Å². The summed E-state index contributed by atoms with van der Waals surface area (Å²) in [5, 5.41) is 37.9. The van der Waals surface area contributed by atoms with E-state index in [1.165, 1.54) is 36.4 Å². The number of aliphatic carboxylic acids is 1. The molecule has 0 aliphatic rings. The SMILES string of the molecule is CC(C)n1c(CC[C@@H](O)C[C@@H](O)CC(=O)O)c(-c2ccc(F)cc2)c(-c2ccccc2)c1C(=O)Nc1ccc(S(N)(=O)=O)cc1.[NaH]. The zero-order valence-electron chi connectivity index (χ0n) is 24.9. The summed E-state index contributed by atoms with van der Waals surface area (Å²) in [4.78, 5) is 25.1. The van der Waals surface area contributed by atoms with Gasteiger partial charge in [-0.1, -0.05) is 42.5 Å². The van der Waals surface area contributed by atoms with Gasteiger partial charge in [0.15, 0.2) is 0 Å². The number of nitrogens with one attached hydrogen (secondary N) is 1. The first-order valence-electron chi connectivity index (χ1n) is 14.4. The van der Waals surface area contributed by atoms with E-state index in [2.05, 4.69) is 5.32 Å². The van der Waals surface area contributed by atoms with Crippen molar-refractivity contribution in [2.45, 2.75) is 62.7 Å². The van der Waals surface area contributed by atoms with Crippen LogP contribution in [0.3, 0.4) is 0 Å². The Morgan fingerprint density at radius 2 is 1.48 bits per heavy atom. The third-order valence-electron chi connectivity index (χ3n) is 7.34. The van der Waals surface area contributed by atoms with Gasteiger partial charge in [-0.15, -0.1) is 0 Å². The average Bonchev–Trinajstić information content (AvgIpc) is 3.32. The minimum absolute atomic E-state index is 0.